The molecule has 2 nitrogen and oxygen atoms in total. The highest BCUT2D eigenvalue weighted by Crippen LogP contribution is 2.35. The van der Waals surface area contributed by atoms with Gasteiger partial charge in [-0.25, -0.2) is 4.39 Å². The fraction of sp³-hybridized carbons (Fsp3) is 0.538. The van der Waals surface area contributed by atoms with Crippen molar-refractivity contribution in [1.29, 1.82) is 0 Å². The Morgan fingerprint density at radius 1 is 1.20 bits per heavy atom. The Kier molecular flexibility index (Phi) is 5.04. The zero-order valence-electron chi connectivity index (χ0n) is 10.7. The maximum absolute atomic E-state index is 13.4. The van der Waals surface area contributed by atoms with E-state index in [1.165, 1.54) is 12.1 Å². The summed E-state index contributed by atoms with van der Waals surface area (Å²) in [5.74, 6) is -0.531. The molecular formula is C13H15BrF4N2. The van der Waals surface area contributed by atoms with E-state index in [1.807, 2.05) is 0 Å². The van der Waals surface area contributed by atoms with Gasteiger partial charge in [-0.3, -0.25) is 4.90 Å². The van der Waals surface area contributed by atoms with E-state index in [4.69, 9.17) is 0 Å². The Morgan fingerprint density at radius 3 is 2.40 bits per heavy atom. The molecule has 0 spiro atoms. The van der Waals surface area contributed by atoms with Crippen molar-refractivity contribution in [2.45, 2.75) is 18.6 Å². The number of rotatable bonds is 3. The molecule has 0 radical (unpaired) electrons. The van der Waals surface area contributed by atoms with Crippen LogP contribution >= 0.6 is 15.9 Å². The van der Waals surface area contributed by atoms with Gasteiger partial charge in [-0.15, -0.1) is 0 Å². The Bertz CT molecular complexity index is 438. The number of nitrogens with zero attached hydrogens (tertiary/aromatic N) is 1. The van der Waals surface area contributed by atoms with Crippen LogP contribution in [0.25, 0.3) is 0 Å². The van der Waals surface area contributed by atoms with Gasteiger partial charge >= 0.3 is 6.18 Å². The van der Waals surface area contributed by atoms with Crippen LogP contribution in [0.15, 0.2) is 22.7 Å². The zero-order chi connectivity index (χ0) is 14.8. The summed E-state index contributed by atoms with van der Waals surface area (Å²) in [6.45, 7) is 2.33. The van der Waals surface area contributed by atoms with Crippen LogP contribution in [0.5, 0.6) is 0 Å². The van der Waals surface area contributed by atoms with Crippen molar-refractivity contribution in [3.63, 3.8) is 0 Å². The third kappa shape index (κ3) is 4.43. The lowest BCUT2D eigenvalue weighted by Crippen LogP contribution is -2.46. The maximum Gasteiger partial charge on any atom is 0.390 e. The normalized spacial score (nSPS) is 19.1. The topological polar surface area (TPSA) is 15.3 Å². The third-order valence-corrected chi connectivity index (χ3v) is 3.74. The summed E-state index contributed by atoms with van der Waals surface area (Å²) in [4.78, 5) is 1.76. The molecule has 1 atom stereocenters. The number of nitrogens with one attached hydrogen (secondary N) is 1. The van der Waals surface area contributed by atoms with Crippen LogP contribution in [0.4, 0.5) is 17.6 Å². The maximum atomic E-state index is 13.4. The monoisotopic (exact) mass is 354 g/mol. The van der Waals surface area contributed by atoms with Crippen LogP contribution in [0, 0.1) is 5.82 Å². The van der Waals surface area contributed by atoms with E-state index >= 15 is 0 Å². The van der Waals surface area contributed by atoms with Crippen LogP contribution < -0.4 is 5.32 Å². The fourth-order valence-electron chi connectivity index (χ4n) is 2.44. The molecule has 1 fully saturated rings. The Balaban J connectivity index is 2.29. The molecule has 1 N–H and O–H groups in total. The summed E-state index contributed by atoms with van der Waals surface area (Å²) in [7, 11) is 0. The molecule has 0 bridgehead atoms. The SMILES string of the molecule is Fc1cc(Br)cc([C@@H](CC(F)(F)F)N2CCNCC2)c1. The van der Waals surface area contributed by atoms with E-state index in [9.17, 15) is 17.6 Å². The van der Waals surface area contributed by atoms with Crippen LogP contribution in [0.3, 0.4) is 0 Å². The lowest BCUT2D eigenvalue weighted by molar-refractivity contribution is -0.148. The summed E-state index contributed by atoms with van der Waals surface area (Å²) in [6, 6.07) is 3.14. The Labute approximate surface area is 123 Å². The molecule has 1 saturated heterocycles. The molecular weight excluding hydrogens is 340 g/mol. The van der Waals surface area contributed by atoms with Crippen LogP contribution in [-0.2, 0) is 0 Å². The first-order valence-electron chi connectivity index (χ1n) is 6.33. The van der Waals surface area contributed by atoms with Crippen LogP contribution in [0.2, 0.25) is 0 Å². The molecule has 7 heteroatoms. The van der Waals surface area contributed by atoms with Crippen molar-refractivity contribution in [1.82, 2.24) is 10.2 Å². The predicted octanol–water partition coefficient (Wildman–Crippen LogP) is 3.49. The molecule has 0 unspecified atom stereocenters. The molecule has 112 valence electrons. The Hall–Kier alpha value is -0.660. The molecule has 1 aliphatic rings. The molecule has 0 amide bonds. The lowest BCUT2D eigenvalue weighted by atomic mass is 10.0. The number of alkyl halides is 3. The number of halogens is 5. The first-order valence-corrected chi connectivity index (χ1v) is 7.12. The Morgan fingerprint density at radius 2 is 1.85 bits per heavy atom. The highest BCUT2D eigenvalue weighted by Gasteiger charge is 2.36. The quantitative estimate of drug-likeness (QED) is 0.836. The van der Waals surface area contributed by atoms with Crippen LogP contribution in [-0.4, -0.2) is 37.3 Å². The smallest absolute Gasteiger partial charge is 0.314 e. The van der Waals surface area contributed by atoms with Gasteiger partial charge in [-0.1, -0.05) is 15.9 Å². The summed E-state index contributed by atoms with van der Waals surface area (Å²) in [6.07, 6.45) is -5.25. The second-order valence-corrected chi connectivity index (χ2v) is 5.74. The zero-order valence-corrected chi connectivity index (χ0v) is 12.3. The third-order valence-electron chi connectivity index (χ3n) is 3.29. The van der Waals surface area contributed by atoms with E-state index in [0.29, 0.717) is 36.2 Å². The van der Waals surface area contributed by atoms with Crippen molar-refractivity contribution >= 4 is 15.9 Å². The lowest BCUT2D eigenvalue weighted by Gasteiger charge is -2.35. The van der Waals surface area contributed by atoms with E-state index in [2.05, 4.69) is 21.2 Å². The van der Waals surface area contributed by atoms with Gasteiger partial charge in [0.15, 0.2) is 0 Å². The van der Waals surface area contributed by atoms with Gasteiger partial charge in [0, 0.05) is 36.7 Å². The second-order valence-electron chi connectivity index (χ2n) is 4.82. The first kappa shape index (κ1) is 15.7. The minimum absolute atomic E-state index is 0.358. The van der Waals surface area contributed by atoms with Crippen molar-refractivity contribution in [3.05, 3.63) is 34.1 Å². The minimum atomic E-state index is -4.28. The van der Waals surface area contributed by atoms with Gasteiger partial charge in [-0.2, -0.15) is 13.2 Å². The molecule has 1 aromatic carbocycles. The minimum Gasteiger partial charge on any atom is -0.314 e. The summed E-state index contributed by atoms with van der Waals surface area (Å²) >= 11 is 3.13. The highest BCUT2D eigenvalue weighted by molar-refractivity contribution is 9.10. The van der Waals surface area contributed by atoms with E-state index in [1.54, 1.807) is 11.0 Å². The molecule has 1 aromatic rings. The molecule has 0 aromatic heterocycles. The van der Waals surface area contributed by atoms with Crippen molar-refractivity contribution in [3.8, 4) is 0 Å². The van der Waals surface area contributed by atoms with Crippen molar-refractivity contribution < 1.29 is 17.6 Å². The largest absolute Gasteiger partial charge is 0.390 e. The van der Waals surface area contributed by atoms with Gasteiger partial charge in [0.1, 0.15) is 5.82 Å². The second kappa shape index (κ2) is 6.41. The van der Waals surface area contributed by atoms with Crippen molar-refractivity contribution in [2.75, 3.05) is 26.2 Å². The molecule has 1 heterocycles. The highest BCUT2D eigenvalue weighted by atomic mass is 79.9. The summed E-state index contributed by atoms with van der Waals surface area (Å²) in [5.41, 5.74) is 0.358. The van der Waals surface area contributed by atoms with Crippen molar-refractivity contribution in [2.24, 2.45) is 0 Å². The number of hydrogen-bond acceptors (Lipinski definition) is 2. The fourth-order valence-corrected chi connectivity index (χ4v) is 2.92. The average molecular weight is 355 g/mol. The molecule has 20 heavy (non-hydrogen) atoms. The average Bonchev–Trinajstić information content (AvgIpc) is 2.35. The predicted molar refractivity (Wildman–Crippen MR) is 72.0 cm³/mol. The van der Waals surface area contributed by atoms with Gasteiger partial charge in [0.25, 0.3) is 0 Å². The van der Waals surface area contributed by atoms with Gasteiger partial charge in [0.2, 0.25) is 0 Å². The molecule has 0 saturated carbocycles. The number of benzene rings is 1. The van der Waals surface area contributed by atoms with Gasteiger partial charge in [-0.05, 0) is 23.8 Å². The van der Waals surface area contributed by atoms with Crippen LogP contribution in [0.1, 0.15) is 18.0 Å². The molecule has 1 aliphatic heterocycles. The molecule has 0 aliphatic carbocycles. The van der Waals surface area contributed by atoms with Gasteiger partial charge < -0.3 is 5.32 Å². The summed E-state index contributed by atoms with van der Waals surface area (Å²) in [5, 5.41) is 3.10. The number of hydrogen-bond donors (Lipinski definition) is 1. The van der Waals surface area contributed by atoms with E-state index in [-0.39, 0.29) is 0 Å². The van der Waals surface area contributed by atoms with E-state index in [0.717, 1.165) is 0 Å². The standard InChI is InChI=1S/C13H15BrF4N2/c14-10-5-9(6-11(15)7-10)12(8-13(16,17)18)20-3-1-19-2-4-20/h5-7,12,19H,1-4,8H2/t12-/m1/s1. The molecule has 2 rings (SSSR count). The first-order chi connectivity index (χ1) is 9.35. The van der Waals surface area contributed by atoms with E-state index < -0.39 is 24.5 Å². The summed E-state index contributed by atoms with van der Waals surface area (Å²) < 4.78 is 52.3. The number of piperazine rings is 1. The van der Waals surface area contributed by atoms with Gasteiger partial charge in [0.05, 0.1) is 6.42 Å².